The third-order valence-electron chi connectivity index (χ3n) is 3.05. The normalized spacial score (nSPS) is 11.8. The van der Waals surface area contributed by atoms with Crippen molar-refractivity contribution in [3.05, 3.63) is 60.2 Å². The molecule has 2 aromatic carbocycles. The van der Waals surface area contributed by atoms with Crippen molar-refractivity contribution in [2.24, 2.45) is 0 Å². The Bertz CT molecular complexity index is 835. The van der Waals surface area contributed by atoms with Gasteiger partial charge in [0.15, 0.2) is 5.75 Å². The average molecular weight is 359 g/mol. The number of hydrogen-bond acceptors (Lipinski definition) is 4. The molecule has 0 spiro atoms. The number of halogens is 3. The summed E-state index contributed by atoms with van der Waals surface area (Å²) in [6, 6.07) is 13.1. The van der Waals surface area contributed by atoms with Crippen molar-refractivity contribution in [2.45, 2.75) is 5.51 Å². The third-order valence-corrected chi connectivity index (χ3v) is 4.01. The molecule has 0 aromatic heterocycles. The number of carbonyl (C=O) groups excluding carboxylic acids is 1. The van der Waals surface area contributed by atoms with Gasteiger partial charge in [-0.2, -0.15) is 21.6 Å². The van der Waals surface area contributed by atoms with Crippen LogP contribution in [0.25, 0.3) is 0 Å². The second-order valence-corrected chi connectivity index (χ2v) is 6.22. The highest BCUT2D eigenvalue weighted by molar-refractivity contribution is 7.88. The van der Waals surface area contributed by atoms with E-state index in [1.807, 2.05) is 0 Å². The lowest BCUT2D eigenvalue weighted by atomic mass is 10.1. The minimum Gasteiger partial charge on any atom is -0.375 e. The Balaban J connectivity index is 2.37. The maximum atomic E-state index is 12.5. The van der Waals surface area contributed by atoms with Gasteiger partial charge in [-0.3, -0.25) is 4.79 Å². The van der Waals surface area contributed by atoms with Gasteiger partial charge in [0.2, 0.25) is 0 Å². The van der Waals surface area contributed by atoms with E-state index in [0.29, 0.717) is 5.69 Å². The van der Waals surface area contributed by atoms with Crippen LogP contribution in [-0.2, 0) is 10.1 Å². The molecule has 0 aliphatic rings. The second-order valence-electron chi connectivity index (χ2n) is 4.68. The SMILES string of the molecule is CN(C(=O)c1ccccc1OS(=O)(=O)C(F)(F)F)c1ccccc1. The highest BCUT2D eigenvalue weighted by atomic mass is 32.2. The van der Waals surface area contributed by atoms with Gasteiger partial charge in [-0.15, -0.1) is 0 Å². The fourth-order valence-corrected chi connectivity index (χ4v) is 2.31. The summed E-state index contributed by atoms with van der Waals surface area (Å²) in [6.45, 7) is 0. The molecule has 0 N–H and O–H groups in total. The first-order valence-corrected chi connectivity index (χ1v) is 7.97. The fraction of sp³-hybridized carbons (Fsp3) is 0.133. The lowest BCUT2D eigenvalue weighted by molar-refractivity contribution is -0.0500. The van der Waals surface area contributed by atoms with Crippen LogP contribution in [0.15, 0.2) is 54.6 Å². The molecule has 2 aromatic rings. The Labute approximate surface area is 136 Å². The second kappa shape index (κ2) is 6.52. The number of alkyl halides is 3. The first-order chi connectivity index (χ1) is 11.1. The topological polar surface area (TPSA) is 63.7 Å². The van der Waals surface area contributed by atoms with Crippen LogP contribution in [0.5, 0.6) is 5.75 Å². The summed E-state index contributed by atoms with van der Waals surface area (Å²) in [6.07, 6.45) is 0. The van der Waals surface area contributed by atoms with E-state index < -0.39 is 27.3 Å². The van der Waals surface area contributed by atoms with E-state index in [1.54, 1.807) is 30.3 Å². The molecule has 0 saturated carbocycles. The third kappa shape index (κ3) is 3.67. The van der Waals surface area contributed by atoms with Crippen molar-refractivity contribution in [2.75, 3.05) is 11.9 Å². The number of rotatable bonds is 4. The van der Waals surface area contributed by atoms with Crippen molar-refractivity contribution in [3.8, 4) is 5.75 Å². The van der Waals surface area contributed by atoms with Crippen molar-refractivity contribution in [1.29, 1.82) is 0 Å². The van der Waals surface area contributed by atoms with Crippen molar-refractivity contribution in [3.63, 3.8) is 0 Å². The number of amides is 1. The largest absolute Gasteiger partial charge is 0.534 e. The molecule has 128 valence electrons. The van der Waals surface area contributed by atoms with Crippen LogP contribution < -0.4 is 9.08 Å². The molecule has 24 heavy (non-hydrogen) atoms. The quantitative estimate of drug-likeness (QED) is 0.621. The summed E-state index contributed by atoms with van der Waals surface area (Å²) in [5.41, 5.74) is -5.42. The first kappa shape index (κ1) is 17.8. The lowest BCUT2D eigenvalue weighted by Crippen LogP contribution is -2.30. The van der Waals surface area contributed by atoms with Crippen molar-refractivity contribution in [1.82, 2.24) is 0 Å². The molecular formula is C15H12F3NO4S. The molecule has 0 aliphatic heterocycles. The average Bonchev–Trinajstić information content (AvgIpc) is 2.53. The van der Waals surface area contributed by atoms with Crippen LogP contribution in [0.1, 0.15) is 10.4 Å². The predicted octanol–water partition coefficient (Wildman–Crippen LogP) is 3.19. The minimum atomic E-state index is -5.87. The number of nitrogens with zero attached hydrogens (tertiary/aromatic N) is 1. The monoisotopic (exact) mass is 359 g/mol. The summed E-state index contributed by atoms with van der Waals surface area (Å²) >= 11 is 0. The Hall–Kier alpha value is -2.55. The standard InChI is InChI=1S/C15H12F3NO4S/c1-19(11-7-3-2-4-8-11)14(20)12-9-5-6-10-13(12)23-24(21,22)15(16,17)18/h2-10H,1H3. The van der Waals surface area contributed by atoms with Gasteiger partial charge in [0.05, 0.1) is 5.56 Å². The minimum absolute atomic E-state index is 0.309. The van der Waals surface area contributed by atoms with Crippen LogP contribution >= 0.6 is 0 Å². The predicted molar refractivity (Wildman–Crippen MR) is 81.2 cm³/mol. The van der Waals surface area contributed by atoms with Crippen molar-refractivity contribution < 1.29 is 30.6 Å². The smallest absolute Gasteiger partial charge is 0.375 e. The summed E-state index contributed by atoms with van der Waals surface area (Å²) in [5.74, 6) is -1.41. The molecule has 0 aliphatic carbocycles. The maximum Gasteiger partial charge on any atom is 0.534 e. The van der Waals surface area contributed by atoms with Crippen molar-refractivity contribution >= 4 is 21.7 Å². The number of para-hydroxylation sites is 2. The van der Waals surface area contributed by atoms with Gasteiger partial charge in [0.1, 0.15) is 0 Å². The molecule has 0 fully saturated rings. The first-order valence-electron chi connectivity index (χ1n) is 6.56. The summed E-state index contributed by atoms with van der Waals surface area (Å²) in [5, 5.41) is 0. The number of anilines is 1. The number of carbonyl (C=O) groups is 1. The van der Waals surface area contributed by atoms with Gasteiger partial charge in [-0.05, 0) is 24.3 Å². The van der Waals surface area contributed by atoms with Crippen LogP contribution in [0, 0.1) is 0 Å². The molecule has 0 bridgehead atoms. The molecule has 9 heteroatoms. The maximum absolute atomic E-state index is 12.5. The zero-order valence-electron chi connectivity index (χ0n) is 12.3. The lowest BCUT2D eigenvalue weighted by Gasteiger charge is -2.19. The van der Waals surface area contributed by atoms with Crippen LogP contribution in [0.3, 0.4) is 0 Å². The van der Waals surface area contributed by atoms with E-state index in [9.17, 15) is 26.4 Å². The fourth-order valence-electron chi connectivity index (χ4n) is 1.83. The molecule has 0 unspecified atom stereocenters. The van der Waals surface area contributed by atoms with E-state index in [-0.39, 0.29) is 5.56 Å². The molecule has 2 rings (SSSR count). The van der Waals surface area contributed by atoms with Gasteiger partial charge in [0.25, 0.3) is 5.91 Å². The summed E-state index contributed by atoms with van der Waals surface area (Å²) in [4.78, 5) is 13.6. The van der Waals surface area contributed by atoms with Crippen LogP contribution in [0.2, 0.25) is 0 Å². The zero-order chi connectivity index (χ0) is 18.0. The molecule has 0 radical (unpaired) electrons. The Morgan fingerprint density at radius 2 is 1.54 bits per heavy atom. The number of hydrogen-bond donors (Lipinski definition) is 0. The Morgan fingerprint density at radius 1 is 1.00 bits per heavy atom. The molecule has 1 amide bonds. The van der Waals surface area contributed by atoms with E-state index in [2.05, 4.69) is 4.18 Å². The highest BCUT2D eigenvalue weighted by Gasteiger charge is 2.49. The van der Waals surface area contributed by atoms with Crippen LogP contribution in [-0.4, -0.2) is 26.9 Å². The molecule has 0 heterocycles. The van der Waals surface area contributed by atoms with E-state index >= 15 is 0 Å². The van der Waals surface area contributed by atoms with E-state index in [1.165, 1.54) is 30.1 Å². The molecule has 5 nitrogen and oxygen atoms in total. The van der Waals surface area contributed by atoms with E-state index in [4.69, 9.17) is 0 Å². The van der Waals surface area contributed by atoms with E-state index in [0.717, 1.165) is 6.07 Å². The molecule has 0 saturated heterocycles. The summed E-state index contributed by atoms with van der Waals surface area (Å²) < 4.78 is 63.8. The van der Waals surface area contributed by atoms with Gasteiger partial charge in [-0.1, -0.05) is 30.3 Å². The Kier molecular flexibility index (Phi) is 4.83. The van der Waals surface area contributed by atoms with Crippen LogP contribution in [0.4, 0.5) is 18.9 Å². The van der Waals surface area contributed by atoms with Gasteiger partial charge in [-0.25, -0.2) is 0 Å². The molecular weight excluding hydrogens is 347 g/mol. The van der Waals surface area contributed by atoms with Gasteiger partial charge < -0.3 is 9.08 Å². The van der Waals surface area contributed by atoms with Gasteiger partial charge >= 0.3 is 15.6 Å². The number of benzene rings is 2. The Morgan fingerprint density at radius 3 is 2.12 bits per heavy atom. The molecule has 0 atom stereocenters. The van der Waals surface area contributed by atoms with Gasteiger partial charge in [0, 0.05) is 12.7 Å². The highest BCUT2D eigenvalue weighted by Crippen LogP contribution is 2.29. The zero-order valence-corrected chi connectivity index (χ0v) is 13.1. The summed E-state index contributed by atoms with van der Waals surface area (Å²) in [7, 11) is -4.46.